The summed E-state index contributed by atoms with van der Waals surface area (Å²) in [5, 5.41) is 11.3. The topological polar surface area (TPSA) is 91.2 Å². The Kier molecular flexibility index (Phi) is 5.22. The Morgan fingerprint density at radius 3 is 2.69 bits per heavy atom. The molecule has 0 atom stereocenters. The minimum atomic E-state index is -0.416. The number of aromatic nitrogens is 2. The first-order chi connectivity index (χ1) is 14.0. The zero-order valence-electron chi connectivity index (χ0n) is 16.1. The van der Waals surface area contributed by atoms with Crippen LogP contribution in [0.3, 0.4) is 0 Å². The van der Waals surface area contributed by atoms with E-state index in [0.29, 0.717) is 72.2 Å². The minimum absolute atomic E-state index is 0.251. The van der Waals surface area contributed by atoms with Crippen LogP contribution in [-0.4, -0.2) is 47.2 Å². The number of hydrogen-bond donors (Lipinski definition) is 1. The highest BCUT2D eigenvalue weighted by molar-refractivity contribution is 7.13. The van der Waals surface area contributed by atoms with Crippen LogP contribution in [0.2, 0.25) is 0 Å². The molecule has 1 saturated heterocycles. The summed E-state index contributed by atoms with van der Waals surface area (Å²) in [4.78, 5) is 21.3. The van der Waals surface area contributed by atoms with E-state index < -0.39 is 5.82 Å². The van der Waals surface area contributed by atoms with Crippen LogP contribution in [0, 0.1) is 17.1 Å². The maximum absolute atomic E-state index is 15.0. The van der Waals surface area contributed by atoms with E-state index in [1.54, 1.807) is 17.6 Å². The van der Waals surface area contributed by atoms with Crippen LogP contribution in [0.15, 0.2) is 28.5 Å². The lowest BCUT2D eigenvalue weighted by molar-refractivity contribution is 0.286. The van der Waals surface area contributed by atoms with Gasteiger partial charge in [0.25, 0.3) is 0 Å². The number of aryl methyl sites for hydroxylation is 1. The predicted octanol–water partition coefficient (Wildman–Crippen LogP) is 2.51. The summed E-state index contributed by atoms with van der Waals surface area (Å²) in [6, 6.07) is 5.24. The molecule has 0 unspecified atom stereocenters. The van der Waals surface area contributed by atoms with Gasteiger partial charge in [-0.25, -0.2) is 9.37 Å². The lowest BCUT2D eigenvalue weighted by atomic mass is 10.1. The van der Waals surface area contributed by atoms with Crippen molar-refractivity contribution in [2.45, 2.75) is 13.5 Å². The maximum Gasteiger partial charge on any atom is 0.198 e. The van der Waals surface area contributed by atoms with Gasteiger partial charge in [-0.15, -0.1) is 11.3 Å². The van der Waals surface area contributed by atoms with Gasteiger partial charge in [0.15, 0.2) is 10.6 Å². The first-order valence-electron chi connectivity index (χ1n) is 9.44. The van der Waals surface area contributed by atoms with E-state index in [-0.39, 0.29) is 5.43 Å². The van der Waals surface area contributed by atoms with E-state index in [0.717, 1.165) is 0 Å². The highest BCUT2D eigenvalue weighted by Gasteiger charge is 2.22. The van der Waals surface area contributed by atoms with Crippen LogP contribution in [0.25, 0.3) is 22.2 Å². The van der Waals surface area contributed by atoms with E-state index in [1.165, 1.54) is 17.4 Å². The molecule has 0 aliphatic carbocycles. The SMILES string of the molecule is CCn1cc(-c2csc(N)n2)c(=O)c2cc(F)c(N3CCN(CC#N)CC3)cc21. The Bertz CT molecular complexity index is 1160. The van der Waals surface area contributed by atoms with Crippen molar-refractivity contribution in [3.63, 3.8) is 0 Å². The number of piperazine rings is 1. The van der Waals surface area contributed by atoms with Gasteiger partial charge in [-0.05, 0) is 19.1 Å². The Labute approximate surface area is 171 Å². The largest absolute Gasteiger partial charge is 0.375 e. The zero-order valence-corrected chi connectivity index (χ0v) is 16.9. The number of nitriles is 1. The van der Waals surface area contributed by atoms with Crippen molar-refractivity contribution in [1.82, 2.24) is 14.5 Å². The van der Waals surface area contributed by atoms with Crippen molar-refractivity contribution in [1.29, 1.82) is 5.26 Å². The van der Waals surface area contributed by atoms with E-state index in [2.05, 4.69) is 11.1 Å². The molecule has 1 fully saturated rings. The second-order valence-electron chi connectivity index (χ2n) is 6.97. The number of nitrogen functional groups attached to an aromatic ring is 1. The predicted molar refractivity (Wildman–Crippen MR) is 114 cm³/mol. The summed E-state index contributed by atoms with van der Waals surface area (Å²) in [7, 11) is 0. The molecule has 2 N–H and O–H groups in total. The van der Waals surface area contributed by atoms with Crippen molar-refractivity contribution in [3.05, 3.63) is 39.8 Å². The van der Waals surface area contributed by atoms with Crippen LogP contribution >= 0.6 is 11.3 Å². The number of benzene rings is 1. The number of nitrogens with zero attached hydrogens (tertiary/aromatic N) is 5. The zero-order chi connectivity index (χ0) is 20.5. The third kappa shape index (κ3) is 3.57. The average Bonchev–Trinajstić information content (AvgIpc) is 3.15. The molecule has 1 aliphatic rings. The van der Waals surface area contributed by atoms with Gasteiger partial charge >= 0.3 is 0 Å². The molecule has 0 saturated carbocycles. The Morgan fingerprint density at radius 2 is 2.07 bits per heavy atom. The molecule has 9 heteroatoms. The number of thiazole rings is 1. The number of anilines is 2. The highest BCUT2D eigenvalue weighted by Crippen LogP contribution is 2.28. The Morgan fingerprint density at radius 1 is 1.31 bits per heavy atom. The smallest absolute Gasteiger partial charge is 0.198 e. The molecule has 0 radical (unpaired) electrons. The molecule has 150 valence electrons. The summed E-state index contributed by atoms with van der Waals surface area (Å²) >= 11 is 1.27. The Hall–Kier alpha value is -2.96. The summed E-state index contributed by atoms with van der Waals surface area (Å²) in [5.41, 5.74) is 7.58. The average molecular weight is 412 g/mol. The second-order valence-corrected chi connectivity index (χ2v) is 7.86. The van der Waals surface area contributed by atoms with Gasteiger partial charge in [-0.2, -0.15) is 5.26 Å². The number of fused-ring (bicyclic) bond motifs is 1. The van der Waals surface area contributed by atoms with Gasteiger partial charge in [0, 0.05) is 49.7 Å². The molecular formula is C20H21FN6OS. The quantitative estimate of drug-likeness (QED) is 0.662. The lowest BCUT2D eigenvalue weighted by Crippen LogP contribution is -2.46. The van der Waals surface area contributed by atoms with E-state index in [9.17, 15) is 4.79 Å². The van der Waals surface area contributed by atoms with Crippen molar-refractivity contribution in [2.24, 2.45) is 0 Å². The molecule has 3 heterocycles. The molecule has 7 nitrogen and oxygen atoms in total. The molecule has 2 aromatic heterocycles. The molecule has 29 heavy (non-hydrogen) atoms. The van der Waals surface area contributed by atoms with Crippen LogP contribution in [0.4, 0.5) is 15.2 Å². The molecule has 3 aromatic rings. The summed E-state index contributed by atoms with van der Waals surface area (Å²) in [5.74, 6) is -0.416. The monoisotopic (exact) mass is 412 g/mol. The first-order valence-corrected chi connectivity index (χ1v) is 10.3. The van der Waals surface area contributed by atoms with Crippen LogP contribution in [-0.2, 0) is 6.54 Å². The summed E-state index contributed by atoms with van der Waals surface area (Å²) < 4.78 is 17.0. The highest BCUT2D eigenvalue weighted by atomic mass is 32.1. The molecule has 0 amide bonds. The standard InChI is InChI=1S/C20H21FN6OS/c1-2-26-11-14(16-12-29-20(23)24-16)19(28)13-9-15(21)18(10-17(13)26)27-7-5-25(4-3-22)6-8-27/h9-12H,2,4-8H2,1H3,(H2,23,24). The maximum atomic E-state index is 15.0. The first kappa shape index (κ1) is 19.4. The molecule has 4 rings (SSSR count). The van der Waals surface area contributed by atoms with Crippen molar-refractivity contribution < 1.29 is 4.39 Å². The van der Waals surface area contributed by atoms with E-state index in [4.69, 9.17) is 11.0 Å². The number of pyridine rings is 1. The van der Waals surface area contributed by atoms with Gasteiger partial charge in [0.1, 0.15) is 5.82 Å². The minimum Gasteiger partial charge on any atom is -0.375 e. The lowest BCUT2D eigenvalue weighted by Gasteiger charge is -2.35. The van der Waals surface area contributed by atoms with Crippen molar-refractivity contribution in [3.8, 4) is 17.3 Å². The molecule has 1 aliphatic heterocycles. The summed E-state index contributed by atoms with van der Waals surface area (Å²) in [6.07, 6.45) is 1.77. The van der Waals surface area contributed by atoms with Crippen molar-refractivity contribution in [2.75, 3.05) is 43.4 Å². The number of rotatable bonds is 4. The summed E-state index contributed by atoms with van der Waals surface area (Å²) in [6.45, 7) is 5.67. The molecule has 0 bridgehead atoms. The number of halogens is 1. The number of nitrogens with two attached hydrogens (primary N) is 1. The third-order valence-electron chi connectivity index (χ3n) is 5.29. The van der Waals surface area contributed by atoms with Gasteiger partial charge < -0.3 is 15.2 Å². The van der Waals surface area contributed by atoms with Crippen LogP contribution in [0.1, 0.15) is 6.92 Å². The van der Waals surface area contributed by atoms with Gasteiger partial charge in [-0.3, -0.25) is 9.69 Å². The van der Waals surface area contributed by atoms with E-state index >= 15 is 4.39 Å². The van der Waals surface area contributed by atoms with Gasteiger partial charge in [0.05, 0.1) is 35.1 Å². The van der Waals surface area contributed by atoms with Crippen LogP contribution < -0.4 is 16.1 Å². The fourth-order valence-electron chi connectivity index (χ4n) is 3.74. The molecular weight excluding hydrogens is 391 g/mol. The van der Waals surface area contributed by atoms with E-state index in [1.807, 2.05) is 21.3 Å². The Balaban J connectivity index is 1.78. The normalized spacial score (nSPS) is 15.0. The molecule has 0 spiro atoms. The molecule has 1 aromatic carbocycles. The second kappa shape index (κ2) is 7.81. The van der Waals surface area contributed by atoms with Crippen LogP contribution in [0.5, 0.6) is 0 Å². The fraction of sp³-hybridized carbons (Fsp3) is 0.350. The number of hydrogen-bond acceptors (Lipinski definition) is 7. The third-order valence-corrected chi connectivity index (χ3v) is 5.97. The van der Waals surface area contributed by atoms with Crippen molar-refractivity contribution >= 4 is 33.1 Å². The fourth-order valence-corrected chi connectivity index (χ4v) is 4.31. The van der Waals surface area contributed by atoms with Gasteiger partial charge in [0.2, 0.25) is 0 Å². The van der Waals surface area contributed by atoms with Gasteiger partial charge in [-0.1, -0.05) is 0 Å².